The van der Waals surface area contributed by atoms with E-state index >= 15 is 0 Å². The zero-order valence-electron chi connectivity index (χ0n) is 12.7. The van der Waals surface area contributed by atoms with E-state index in [1.165, 1.54) is 4.57 Å². The highest BCUT2D eigenvalue weighted by Gasteiger charge is 2.22. The van der Waals surface area contributed by atoms with Crippen LogP contribution in [0.5, 0.6) is 17.5 Å². The van der Waals surface area contributed by atoms with Gasteiger partial charge < -0.3 is 14.9 Å². The van der Waals surface area contributed by atoms with Crippen LogP contribution in [-0.2, 0) is 0 Å². The second kappa shape index (κ2) is 6.64. The fraction of sp³-hybridized carbons (Fsp3) is 0.0588. The molecule has 0 unspecified atom stereocenters. The molecule has 122 valence electrons. The summed E-state index contributed by atoms with van der Waals surface area (Å²) >= 11 is 6.08. The number of benzene rings is 2. The Morgan fingerprint density at radius 2 is 1.58 bits per heavy atom. The third kappa shape index (κ3) is 2.91. The topological polar surface area (TPSA) is 79.3 Å². The zero-order valence-corrected chi connectivity index (χ0v) is 13.5. The SMILES string of the molecule is COc1ccc(N=Nc2c(Cl)c(O)n(-c3ccccc3)c2O)cc1. The summed E-state index contributed by atoms with van der Waals surface area (Å²) in [6.45, 7) is 0. The minimum absolute atomic E-state index is 0.00571. The van der Waals surface area contributed by atoms with Crippen molar-refractivity contribution < 1.29 is 14.9 Å². The molecule has 0 spiro atoms. The van der Waals surface area contributed by atoms with Gasteiger partial charge >= 0.3 is 0 Å². The van der Waals surface area contributed by atoms with E-state index < -0.39 is 0 Å². The van der Waals surface area contributed by atoms with E-state index in [1.807, 2.05) is 6.07 Å². The number of halogens is 1. The van der Waals surface area contributed by atoms with E-state index in [4.69, 9.17) is 16.3 Å². The average Bonchev–Trinajstić information content (AvgIpc) is 2.83. The summed E-state index contributed by atoms with van der Waals surface area (Å²) in [6.07, 6.45) is 0. The molecule has 1 heterocycles. The molecule has 0 amide bonds. The maximum Gasteiger partial charge on any atom is 0.228 e. The lowest BCUT2D eigenvalue weighted by atomic mass is 10.3. The fourth-order valence-electron chi connectivity index (χ4n) is 2.18. The lowest BCUT2D eigenvalue weighted by Crippen LogP contribution is -1.91. The molecule has 0 radical (unpaired) electrons. The van der Waals surface area contributed by atoms with Gasteiger partial charge in [-0.3, -0.25) is 0 Å². The molecule has 6 nitrogen and oxygen atoms in total. The van der Waals surface area contributed by atoms with Gasteiger partial charge in [0.1, 0.15) is 10.8 Å². The average molecular weight is 344 g/mol. The van der Waals surface area contributed by atoms with Crippen molar-refractivity contribution in [2.24, 2.45) is 10.2 Å². The number of ether oxygens (including phenoxy) is 1. The third-order valence-electron chi connectivity index (χ3n) is 3.39. The van der Waals surface area contributed by atoms with Crippen LogP contribution >= 0.6 is 11.6 Å². The molecule has 3 aromatic rings. The first kappa shape index (κ1) is 15.9. The van der Waals surface area contributed by atoms with Crippen LogP contribution in [0.2, 0.25) is 5.02 Å². The van der Waals surface area contributed by atoms with Crippen LogP contribution in [0.25, 0.3) is 5.69 Å². The Morgan fingerprint density at radius 3 is 2.21 bits per heavy atom. The minimum Gasteiger partial charge on any atom is -0.497 e. The first-order valence-electron chi connectivity index (χ1n) is 7.05. The number of para-hydroxylation sites is 1. The molecule has 2 N–H and O–H groups in total. The lowest BCUT2D eigenvalue weighted by molar-refractivity contribution is 0.403. The number of aromatic nitrogens is 1. The summed E-state index contributed by atoms with van der Waals surface area (Å²) in [5.74, 6) is 0.104. The normalized spacial score (nSPS) is 11.1. The van der Waals surface area contributed by atoms with Crippen molar-refractivity contribution in [3.63, 3.8) is 0 Å². The molecule has 0 atom stereocenters. The maximum atomic E-state index is 10.3. The Labute approximate surface area is 143 Å². The molecule has 2 aromatic carbocycles. The smallest absolute Gasteiger partial charge is 0.228 e. The Morgan fingerprint density at radius 1 is 0.917 bits per heavy atom. The van der Waals surface area contributed by atoms with Crippen molar-refractivity contribution in [2.45, 2.75) is 0 Å². The van der Waals surface area contributed by atoms with E-state index in [0.29, 0.717) is 17.1 Å². The largest absolute Gasteiger partial charge is 0.497 e. The van der Waals surface area contributed by atoms with E-state index in [2.05, 4.69) is 10.2 Å². The van der Waals surface area contributed by atoms with Gasteiger partial charge in [0.05, 0.1) is 18.5 Å². The van der Waals surface area contributed by atoms with Crippen LogP contribution in [-0.4, -0.2) is 21.9 Å². The molecular weight excluding hydrogens is 330 g/mol. The molecule has 0 aliphatic heterocycles. The Balaban J connectivity index is 1.98. The van der Waals surface area contributed by atoms with E-state index in [1.54, 1.807) is 55.6 Å². The number of aromatic hydroxyl groups is 2. The van der Waals surface area contributed by atoms with Crippen molar-refractivity contribution in [1.29, 1.82) is 0 Å². The number of hydrogen-bond donors (Lipinski definition) is 2. The van der Waals surface area contributed by atoms with Crippen LogP contribution in [0.4, 0.5) is 11.4 Å². The predicted octanol–water partition coefficient (Wildman–Crippen LogP) is 4.97. The molecular formula is C17H14ClN3O3. The highest BCUT2D eigenvalue weighted by Crippen LogP contribution is 2.46. The molecule has 1 aromatic heterocycles. The van der Waals surface area contributed by atoms with Crippen molar-refractivity contribution in [1.82, 2.24) is 4.57 Å². The van der Waals surface area contributed by atoms with Crippen LogP contribution in [0, 0.1) is 0 Å². The molecule has 24 heavy (non-hydrogen) atoms. The van der Waals surface area contributed by atoms with Crippen LogP contribution in [0.3, 0.4) is 0 Å². The van der Waals surface area contributed by atoms with Crippen LogP contribution < -0.4 is 4.74 Å². The number of nitrogens with zero attached hydrogens (tertiary/aromatic N) is 3. The Kier molecular flexibility index (Phi) is 4.39. The predicted molar refractivity (Wildman–Crippen MR) is 91.3 cm³/mol. The first-order chi connectivity index (χ1) is 11.6. The van der Waals surface area contributed by atoms with Gasteiger partial charge in [-0.05, 0) is 36.4 Å². The van der Waals surface area contributed by atoms with Gasteiger partial charge in [0.2, 0.25) is 11.8 Å². The summed E-state index contributed by atoms with van der Waals surface area (Å²) in [5, 5.41) is 28.4. The van der Waals surface area contributed by atoms with Gasteiger partial charge in [-0.2, -0.15) is 5.11 Å². The van der Waals surface area contributed by atoms with Crippen molar-refractivity contribution in [2.75, 3.05) is 7.11 Å². The minimum atomic E-state index is -0.302. The second-order valence-electron chi connectivity index (χ2n) is 4.88. The summed E-state index contributed by atoms with van der Waals surface area (Å²) in [7, 11) is 1.57. The van der Waals surface area contributed by atoms with Crippen LogP contribution in [0.1, 0.15) is 0 Å². The van der Waals surface area contributed by atoms with E-state index in [-0.39, 0.29) is 22.5 Å². The van der Waals surface area contributed by atoms with Gasteiger partial charge in [-0.25, -0.2) is 4.57 Å². The lowest BCUT2D eigenvalue weighted by Gasteiger charge is -2.05. The molecule has 0 aliphatic rings. The molecule has 3 rings (SSSR count). The standard InChI is InChI=1S/C17H14ClN3O3/c1-24-13-9-7-11(8-10-13)19-20-15-14(18)16(22)21(17(15)23)12-5-3-2-4-6-12/h2-10,22-23H,1H3. The highest BCUT2D eigenvalue weighted by atomic mass is 35.5. The van der Waals surface area contributed by atoms with Gasteiger partial charge in [-0.1, -0.05) is 29.8 Å². The van der Waals surface area contributed by atoms with E-state index in [0.717, 1.165) is 0 Å². The summed E-state index contributed by atoms with van der Waals surface area (Å²) in [5.41, 5.74) is 1.10. The van der Waals surface area contributed by atoms with Gasteiger partial charge in [0, 0.05) is 0 Å². The number of methoxy groups -OCH3 is 1. The Bertz CT molecular complexity index is 874. The molecule has 0 saturated heterocycles. The zero-order chi connectivity index (χ0) is 17.1. The van der Waals surface area contributed by atoms with Crippen molar-refractivity contribution in [3.8, 4) is 23.2 Å². The highest BCUT2D eigenvalue weighted by molar-refractivity contribution is 6.34. The number of rotatable bonds is 4. The quantitative estimate of drug-likeness (QED) is 0.656. The van der Waals surface area contributed by atoms with Crippen molar-refractivity contribution >= 4 is 23.0 Å². The van der Waals surface area contributed by atoms with Gasteiger partial charge in [-0.15, -0.1) is 5.11 Å². The van der Waals surface area contributed by atoms with Gasteiger partial charge in [0.15, 0.2) is 5.69 Å². The molecule has 0 aliphatic carbocycles. The molecule has 0 bridgehead atoms. The van der Waals surface area contributed by atoms with Crippen molar-refractivity contribution in [3.05, 3.63) is 59.6 Å². The molecule has 7 heteroatoms. The van der Waals surface area contributed by atoms with E-state index in [9.17, 15) is 10.2 Å². The fourth-order valence-corrected chi connectivity index (χ4v) is 2.38. The first-order valence-corrected chi connectivity index (χ1v) is 7.43. The summed E-state index contributed by atoms with van der Waals surface area (Å²) in [6, 6.07) is 15.7. The number of azo groups is 1. The summed E-state index contributed by atoms with van der Waals surface area (Å²) < 4.78 is 6.27. The van der Waals surface area contributed by atoms with Crippen LogP contribution in [0.15, 0.2) is 64.8 Å². The number of hydrogen-bond acceptors (Lipinski definition) is 5. The Hall–Kier alpha value is -2.99. The monoisotopic (exact) mass is 343 g/mol. The third-order valence-corrected chi connectivity index (χ3v) is 3.74. The molecule has 0 saturated carbocycles. The second-order valence-corrected chi connectivity index (χ2v) is 5.26. The summed E-state index contributed by atoms with van der Waals surface area (Å²) in [4.78, 5) is 0. The van der Waals surface area contributed by atoms with Gasteiger partial charge in [0.25, 0.3) is 0 Å². The molecule has 0 fully saturated rings. The maximum absolute atomic E-state index is 10.3.